The summed E-state index contributed by atoms with van der Waals surface area (Å²) >= 11 is 0. The molecule has 21 heavy (non-hydrogen) atoms. The Hall–Kier alpha value is -2.06. The fourth-order valence-corrected chi connectivity index (χ4v) is 2.71. The average Bonchev–Trinajstić information content (AvgIpc) is 2.43. The lowest BCUT2D eigenvalue weighted by Crippen LogP contribution is -2.14. The maximum atomic E-state index is 13.3. The molecule has 112 valence electrons. The van der Waals surface area contributed by atoms with Crippen LogP contribution in [0.2, 0.25) is 0 Å². The Kier molecular flexibility index (Phi) is 4.19. The largest absolute Gasteiger partial charge is 0.326 e. The highest BCUT2D eigenvalue weighted by Gasteiger charge is 2.17. The molecule has 0 atom stereocenters. The predicted molar refractivity (Wildman–Crippen MR) is 71.5 cm³/mol. The van der Waals surface area contributed by atoms with E-state index in [1.54, 1.807) is 0 Å². The van der Waals surface area contributed by atoms with Crippen LogP contribution in [0.1, 0.15) is 5.56 Å². The smallest absolute Gasteiger partial charge is 0.261 e. The van der Waals surface area contributed by atoms with E-state index in [1.807, 2.05) is 0 Å². The van der Waals surface area contributed by atoms with E-state index < -0.39 is 32.4 Å². The zero-order valence-corrected chi connectivity index (χ0v) is 11.4. The van der Waals surface area contributed by atoms with Gasteiger partial charge < -0.3 is 5.73 Å². The van der Waals surface area contributed by atoms with Gasteiger partial charge in [-0.3, -0.25) is 4.72 Å². The number of sulfonamides is 1. The molecule has 0 bridgehead atoms. The van der Waals surface area contributed by atoms with Gasteiger partial charge in [-0.25, -0.2) is 21.6 Å². The standard InChI is InChI=1S/C13H11F3N2O2S/c14-11-3-1-9(5-8(11)7-17)18-21(19,20)10-2-4-12(15)13(16)6-10/h1-6,18H,7,17H2. The van der Waals surface area contributed by atoms with Crippen molar-refractivity contribution < 1.29 is 21.6 Å². The Morgan fingerprint density at radius 1 is 0.952 bits per heavy atom. The van der Waals surface area contributed by atoms with Crippen LogP contribution in [0.5, 0.6) is 0 Å². The van der Waals surface area contributed by atoms with Gasteiger partial charge in [-0.05, 0) is 36.4 Å². The van der Waals surface area contributed by atoms with Crippen LogP contribution in [0.3, 0.4) is 0 Å². The summed E-state index contributed by atoms with van der Waals surface area (Å²) in [5.41, 5.74) is 5.52. The topological polar surface area (TPSA) is 72.2 Å². The van der Waals surface area contributed by atoms with Gasteiger partial charge in [-0.2, -0.15) is 0 Å². The van der Waals surface area contributed by atoms with Gasteiger partial charge in [-0.1, -0.05) is 0 Å². The summed E-state index contributed by atoms with van der Waals surface area (Å²) in [6, 6.07) is 5.68. The first-order valence-corrected chi connectivity index (χ1v) is 7.28. The van der Waals surface area contributed by atoms with Crippen molar-refractivity contribution in [2.24, 2.45) is 5.73 Å². The van der Waals surface area contributed by atoms with Gasteiger partial charge in [0.2, 0.25) is 0 Å². The van der Waals surface area contributed by atoms with Gasteiger partial charge in [0.1, 0.15) is 5.82 Å². The number of rotatable bonds is 4. The summed E-state index contributed by atoms with van der Waals surface area (Å²) in [4.78, 5) is -0.444. The molecule has 0 unspecified atom stereocenters. The number of anilines is 1. The molecule has 0 fully saturated rings. The first-order chi connectivity index (χ1) is 9.83. The van der Waals surface area contributed by atoms with E-state index in [-0.39, 0.29) is 17.8 Å². The number of benzene rings is 2. The SMILES string of the molecule is NCc1cc(NS(=O)(=O)c2ccc(F)c(F)c2)ccc1F. The molecule has 2 aromatic carbocycles. The fraction of sp³-hybridized carbons (Fsp3) is 0.0769. The molecule has 4 nitrogen and oxygen atoms in total. The van der Waals surface area contributed by atoms with E-state index in [2.05, 4.69) is 4.72 Å². The number of nitrogens with two attached hydrogens (primary N) is 1. The van der Waals surface area contributed by atoms with Crippen LogP contribution in [-0.4, -0.2) is 8.42 Å². The molecule has 0 amide bonds. The summed E-state index contributed by atoms with van der Waals surface area (Å²) in [6.07, 6.45) is 0. The lowest BCUT2D eigenvalue weighted by Gasteiger charge is -2.10. The van der Waals surface area contributed by atoms with Crippen LogP contribution in [0.4, 0.5) is 18.9 Å². The highest BCUT2D eigenvalue weighted by molar-refractivity contribution is 7.92. The lowest BCUT2D eigenvalue weighted by molar-refractivity contribution is 0.504. The fourth-order valence-electron chi connectivity index (χ4n) is 1.65. The van der Waals surface area contributed by atoms with Gasteiger partial charge in [0.15, 0.2) is 11.6 Å². The van der Waals surface area contributed by atoms with Crippen LogP contribution in [0.25, 0.3) is 0 Å². The zero-order chi connectivity index (χ0) is 15.6. The first kappa shape index (κ1) is 15.3. The van der Waals surface area contributed by atoms with Gasteiger partial charge in [0.05, 0.1) is 4.90 Å². The van der Waals surface area contributed by atoms with E-state index in [0.717, 1.165) is 12.1 Å². The molecular weight excluding hydrogens is 305 g/mol. The number of nitrogens with one attached hydrogen (secondary N) is 1. The average molecular weight is 316 g/mol. The monoisotopic (exact) mass is 316 g/mol. The third-order valence-corrected chi connectivity index (χ3v) is 4.10. The number of hydrogen-bond donors (Lipinski definition) is 2. The van der Waals surface area contributed by atoms with Crippen LogP contribution < -0.4 is 10.5 Å². The van der Waals surface area contributed by atoms with Gasteiger partial charge in [0, 0.05) is 17.8 Å². The summed E-state index contributed by atoms with van der Waals surface area (Å²) in [5, 5.41) is 0. The summed E-state index contributed by atoms with van der Waals surface area (Å²) in [7, 11) is -4.11. The molecule has 0 spiro atoms. The molecule has 0 heterocycles. The third kappa shape index (κ3) is 3.34. The lowest BCUT2D eigenvalue weighted by atomic mass is 10.2. The highest BCUT2D eigenvalue weighted by atomic mass is 32.2. The number of halogens is 3. The van der Waals surface area contributed by atoms with Crippen LogP contribution in [0.15, 0.2) is 41.3 Å². The van der Waals surface area contributed by atoms with Crippen molar-refractivity contribution in [2.75, 3.05) is 4.72 Å². The first-order valence-electron chi connectivity index (χ1n) is 5.80. The highest BCUT2D eigenvalue weighted by Crippen LogP contribution is 2.20. The van der Waals surface area contributed by atoms with Crippen molar-refractivity contribution in [2.45, 2.75) is 11.4 Å². The summed E-state index contributed by atoms with van der Waals surface area (Å²) in [5.74, 6) is -2.99. The van der Waals surface area contributed by atoms with Crippen molar-refractivity contribution in [1.29, 1.82) is 0 Å². The second-order valence-electron chi connectivity index (χ2n) is 4.19. The van der Waals surface area contributed by atoms with Gasteiger partial charge in [0.25, 0.3) is 10.0 Å². The Bertz CT molecular complexity index is 779. The minimum Gasteiger partial charge on any atom is -0.326 e. The van der Waals surface area contributed by atoms with E-state index in [4.69, 9.17) is 5.73 Å². The van der Waals surface area contributed by atoms with Gasteiger partial charge >= 0.3 is 0 Å². The summed E-state index contributed by atoms with van der Waals surface area (Å²) < 4.78 is 65.4. The van der Waals surface area contributed by atoms with E-state index in [1.165, 1.54) is 12.1 Å². The third-order valence-electron chi connectivity index (χ3n) is 2.72. The minimum absolute atomic E-state index is 0.0709. The Balaban J connectivity index is 2.35. The maximum Gasteiger partial charge on any atom is 0.261 e. The molecule has 2 aromatic rings. The molecule has 0 saturated heterocycles. The van der Waals surface area contributed by atoms with Crippen molar-refractivity contribution in [3.8, 4) is 0 Å². The molecule has 0 aromatic heterocycles. The van der Waals surface area contributed by atoms with Crippen molar-refractivity contribution in [3.63, 3.8) is 0 Å². The van der Waals surface area contributed by atoms with Crippen molar-refractivity contribution >= 4 is 15.7 Å². The molecule has 8 heteroatoms. The second kappa shape index (κ2) is 5.74. The maximum absolute atomic E-state index is 13.3. The molecule has 0 radical (unpaired) electrons. The van der Waals surface area contributed by atoms with Crippen LogP contribution in [0, 0.1) is 17.5 Å². The summed E-state index contributed by atoms with van der Waals surface area (Å²) in [6.45, 7) is -0.105. The van der Waals surface area contributed by atoms with Crippen molar-refractivity contribution in [1.82, 2.24) is 0 Å². The van der Waals surface area contributed by atoms with Crippen molar-refractivity contribution in [3.05, 3.63) is 59.4 Å². The molecule has 3 N–H and O–H groups in total. The molecule has 0 aliphatic carbocycles. The quantitative estimate of drug-likeness (QED) is 0.909. The Labute approximate surface area is 119 Å². The predicted octanol–water partition coefficient (Wildman–Crippen LogP) is 2.36. The molecule has 0 aliphatic rings. The number of hydrogen-bond acceptors (Lipinski definition) is 3. The zero-order valence-electron chi connectivity index (χ0n) is 10.6. The van der Waals surface area contributed by atoms with Crippen LogP contribution >= 0.6 is 0 Å². The minimum atomic E-state index is -4.11. The second-order valence-corrected chi connectivity index (χ2v) is 5.87. The Morgan fingerprint density at radius 2 is 1.62 bits per heavy atom. The molecule has 0 saturated carbocycles. The van der Waals surface area contributed by atoms with E-state index >= 15 is 0 Å². The molecular formula is C13H11F3N2O2S. The Morgan fingerprint density at radius 3 is 2.24 bits per heavy atom. The van der Waals surface area contributed by atoms with Gasteiger partial charge in [-0.15, -0.1) is 0 Å². The normalized spacial score (nSPS) is 11.4. The van der Waals surface area contributed by atoms with E-state index in [9.17, 15) is 21.6 Å². The molecule has 2 rings (SSSR count). The van der Waals surface area contributed by atoms with E-state index in [0.29, 0.717) is 12.1 Å². The van der Waals surface area contributed by atoms with Crippen LogP contribution in [-0.2, 0) is 16.6 Å². The molecule has 0 aliphatic heterocycles.